The summed E-state index contributed by atoms with van der Waals surface area (Å²) in [5.41, 5.74) is 5.39. The molecule has 1 saturated carbocycles. The van der Waals surface area contributed by atoms with E-state index in [1.165, 1.54) is 18.4 Å². The van der Waals surface area contributed by atoms with Gasteiger partial charge in [-0.25, -0.2) is 0 Å². The first-order valence-corrected chi connectivity index (χ1v) is 12.4. The molecule has 0 spiro atoms. The number of benzene rings is 2. The van der Waals surface area contributed by atoms with E-state index in [9.17, 15) is 5.26 Å². The Balaban J connectivity index is 1.33. The van der Waals surface area contributed by atoms with Gasteiger partial charge in [-0.2, -0.15) is 5.26 Å². The van der Waals surface area contributed by atoms with Crippen LogP contribution in [0, 0.1) is 11.3 Å². The van der Waals surface area contributed by atoms with Crippen molar-refractivity contribution in [3.05, 3.63) is 53.6 Å². The predicted octanol–water partition coefficient (Wildman–Crippen LogP) is 5.09. The zero-order valence-electron chi connectivity index (χ0n) is 19.9. The normalized spacial score (nSPS) is 17.4. The Morgan fingerprint density at radius 2 is 1.79 bits per heavy atom. The summed E-state index contributed by atoms with van der Waals surface area (Å²) in [6, 6.07) is 17.5. The highest BCUT2D eigenvalue weighted by atomic mass is 16.5. The van der Waals surface area contributed by atoms with E-state index in [0.717, 1.165) is 85.1 Å². The Morgan fingerprint density at radius 3 is 2.45 bits per heavy atom. The summed E-state index contributed by atoms with van der Waals surface area (Å²) in [7, 11) is 2.19. The van der Waals surface area contributed by atoms with Crippen LogP contribution in [0.1, 0.15) is 43.2 Å². The second-order valence-corrected chi connectivity index (χ2v) is 9.50. The first-order valence-electron chi connectivity index (χ1n) is 12.4. The monoisotopic (exact) mass is 442 g/mol. The molecule has 1 aromatic heterocycles. The maximum Gasteiger partial charge on any atom is 0.121 e. The van der Waals surface area contributed by atoms with Gasteiger partial charge in [-0.05, 0) is 62.4 Å². The third kappa shape index (κ3) is 4.64. The molecule has 1 aliphatic heterocycles. The molecule has 5 heteroatoms. The van der Waals surface area contributed by atoms with E-state index in [1.807, 2.05) is 6.07 Å². The van der Waals surface area contributed by atoms with Gasteiger partial charge in [0.15, 0.2) is 0 Å². The van der Waals surface area contributed by atoms with Crippen LogP contribution in [-0.2, 0) is 6.54 Å². The number of aryl methyl sites for hydroxylation is 1. The molecule has 1 saturated heterocycles. The molecule has 2 fully saturated rings. The molecule has 2 aliphatic rings. The third-order valence-corrected chi connectivity index (χ3v) is 7.18. The minimum Gasteiger partial charge on any atom is -0.493 e. The lowest BCUT2D eigenvalue weighted by molar-refractivity contribution is 0.145. The van der Waals surface area contributed by atoms with E-state index >= 15 is 0 Å². The number of nitriles is 1. The maximum absolute atomic E-state index is 10.0. The topological polar surface area (TPSA) is 44.4 Å². The molecule has 5 nitrogen and oxygen atoms in total. The molecule has 33 heavy (non-hydrogen) atoms. The Morgan fingerprint density at radius 1 is 1.03 bits per heavy atom. The summed E-state index contributed by atoms with van der Waals surface area (Å²) >= 11 is 0. The molecule has 2 heterocycles. The van der Waals surface area contributed by atoms with Crippen LogP contribution in [0.3, 0.4) is 0 Å². The largest absolute Gasteiger partial charge is 0.493 e. The Labute approximate surface area is 197 Å². The molecule has 0 amide bonds. The standard InChI is InChI=1S/C28H34N4O/c1-3-32-27-19-24(33-18-4-13-31-16-14-30(2)15-17-31)11-12-25(27)26(20-29)28(32)23-9-7-22(8-10-23)21-5-6-21/h7-12,19,21H,3-6,13-18H2,1-2H3. The van der Waals surface area contributed by atoms with Gasteiger partial charge in [0.25, 0.3) is 0 Å². The number of aromatic nitrogens is 1. The second-order valence-electron chi connectivity index (χ2n) is 9.50. The highest BCUT2D eigenvalue weighted by Gasteiger charge is 2.24. The minimum atomic E-state index is 0.714. The van der Waals surface area contributed by atoms with Crippen LogP contribution < -0.4 is 4.74 Å². The van der Waals surface area contributed by atoms with Crippen molar-refractivity contribution in [1.29, 1.82) is 5.26 Å². The Kier molecular flexibility index (Phi) is 6.39. The van der Waals surface area contributed by atoms with Crippen molar-refractivity contribution in [3.8, 4) is 23.1 Å². The second kappa shape index (κ2) is 9.59. The molecular formula is C28H34N4O. The molecular weight excluding hydrogens is 408 g/mol. The molecule has 0 atom stereocenters. The molecule has 2 aromatic carbocycles. The van der Waals surface area contributed by atoms with Crippen molar-refractivity contribution < 1.29 is 4.74 Å². The van der Waals surface area contributed by atoms with Crippen molar-refractivity contribution in [2.24, 2.45) is 0 Å². The summed E-state index contributed by atoms with van der Waals surface area (Å²) in [4.78, 5) is 4.91. The Bertz CT molecular complexity index is 1150. The van der Waals surface area contributed by atoms with Gasteiger partial charge in [-0.1, -0.05) is 24.3 Å². The third-order valence-electron chi connectivity index (χ3n) is 7.18. The molecule has 1 aliphatic carbocycles. The lowest BCUT2D eigenvalue weighted by Crippen LogP contribution is -2.44. The van der Waals surface area contributed by atoms with Crippen LogP contribution in [0.25, 0.3) is 22.2 Å². The molecule has 0 radical (unpaired) electrons. The fraction of sp³-hybridized carbons (Fsp3) is 0.464. The average Bonchev–Trinajstić information content (AvgIpc) is 3.65. The number of fused-ring (bicyclic) bond motifs is 1. The van der Waals surface area contributed by atoms with E-state index in [2.05, 4.69) is 70.8 Å². The van der Waals surface area contributed by atoms with Crippen LogP contribution in [0.2, 0.25) is 0 Å². The van der Waals surface area contributed by atoms with Crippen molar-refractivity contribution in [2.75, 3.05) is 46.4 Å². The van der Waals surface area contributed by atoms with Crippen LogP contribution in [0.5, 0.6) is 5.75 Å². The SMILES string of the molecule is CCn1c(-c2ccc(C3CC3)cc2)c(C#N)c2ccc(OCCCN3CCN(C)CC3)cc21. The van der Waals surface area contributed by atoms with Gasteiger partial charge in [-0.15, -0.1) is 0 Å². The van der Waals surface area contributed by atoms with E-state index in [4.69, 9.17) is 4.74 Å². The quantitative estimate of drug-likeness (QED) is 0.456. The summed E-state index contributed by atoms with van der Waals surface area (Å²) in [6.45, 7) is 9.35. The zero-order valence-corrected chi connectivity index (χ0v) is 19.9. The number of rotatable bonds is 8. The summed E-state index contributed by atoms with van der Waals surface area (Å²) in [5, 5.41) is 11.0. The Hall–Kier alpha value is -2.81. The van der Waals surface area contributed by atoms with Gasteiger partial charge in [-0.3, -0.25) is 0 Å². The van der Waals surface area contributed by atoms with Crippen LogP contribution in [0.15, 0.2) is 42.5 Å². The molecule has 0 N–H and O–H groups in total. The van der Waals surface area contributed by atoms with Gasteiger partial charge in [0.1, 0.15) is 11.8 Å². The number of piperazine rings is 1. The molecule has 5 rings (SSSR count). The van der Waals surface area contributed by atoms with Gasteiger partial charge >= 0.3 is 0 Å². The highest BCUT2D eigenvalue weighted by Crippen LogP contribution is 2.41. The number of ether oxygens (including phenoxy) is 1. The summed E-state index contributed by atoms with van der Waals surface area (Å²) < 4.78 is 8.39. The van der Waals surface area contributed by atoms with E-state index < -0.39 is 0 Å². The van der Waals surface area contributed by atoms with Gasteiger partial charge in [0.2, 0.25) is 0 Å². The molecule has 3 aromatic rings. The molecule has 0 bridgehead atoms. The summed E-state index contributed by atoms with van der Waals surface area (Å²) in [6.07, 6.45) is 3.63. The minimum absolute atomic E-state index is 0.714. The van der Waals surface area contributed by atoms with E-state index in [0.29, 0.717) is 6.61 Å². The fourth-order valence-corrected chi connectivity index (χ4v) is 5.04. The van der Waals surface area contributed by atoms with E-state index in [1.54, 1.807) is 0 Å². The first-order chi connectivity index (χ1) is 16.2. The fourth-order valence-electron chi connectivity index (χ4n) is 5.04. The van der Waals surface area contributed by atoms with Gasteiger partial charge in [0, 0.05) is 50.7 Å². The lowest BCUT2D eigenvalue weighted by Gasteiger charge is -2.32. The van der Waals surface area contributed by atoms with Crippen molar-refractivity contribution in [1.82, 2.24) is 14.4 Å². The van der Waals surface area contributed by atoms with Crippen LogP contribution in [0.4, 0.5) is 0 Å². The number of hydrogen-bond donors (Lipinski definition) is 0. The van der Waals surface area contributed by atoms with Gasteiger partial charge < -0.3 is 19.1 Å². The van der Waals surface area contributed by atoms with Crippen molar-refractivity contribution in [3.63, 3.8) is 0 Å². The predicted molar refractivity (Wildman–Crippen MR) is 134 cm³/mol. The molecule has 0 unspecified atom stereocenters. The number of hydrogen-bond acceptors (Lipinski definition) is 4. The van der Waals surface area contributed by atoms with E-state index in [-0.39, 0.29) is 0 Å². The van der Waals surface area contributed by atoms with Crippen LogP contribution in [-0.4, -0.2) is 60.7 Å². The molecule has 172 valence electrons. The first kappa shape index (κ1) is 22.0. The number of nitrogens with zero attached hydrogens (tertiary/aromatic N) is 4. The maximum atomic E-state index is 10.0. The number of likely N-dealkylation sites (N-methyl/N-ethyl adjacent to an activating group) is 1. The zero-order chi connectivity index (χ0) is 22.8. The average molecular weight is 443 g/mol. The summed E-state index contributed by atoms with van der Waals surface area (Å²) in [5.74, 6) is 1.62. The smallest absolute Gasteiger partial charge is 0.121 e. The van der Waals surface area contributed by atoms with Crippen molar-refractivity contribution in [2.45, 2.75) is 38.6 Å². The lowest BCUT2D eigenvalue weighted by atomic mass is 10.0. The highest BCUT2D eigenvalue weighted by molar-refractivity contribution is 5.95. The van der Waals surface area contributed by atoms with Crippen molar-refractivity contribution >= 4 is 10.9 Å². The van der Waals surface area contributed by atoms with Gasteiger partial charge in [0.05, 0.1) is 23.4 Å². The van der Waals surface area contributed by atoms with Crippen LogP contribution >= 0.6 is 0 Å².